The van der Waals surface area contributed by atoms with E-state index in [-0.39, 0.29) is 5.91 Å². The first-order chi connectivity index (χ1) is 12.5. The van der Waals surface area contributed by atoms with Crippen molar-refractivity contribution in [2.24, 2.45) is 0 Å². The number of aryl methyl sites for hydroxylation is 2. The van der Waals surface area contributed by atoms with Gasteiger partial charge in [-0.15, -0.1) is 0 Å². The summed E-state index contributed by atoms with van der Waals surface area (Å²) in [6.45, 7) is 8.05. The van der Waals surface area contributed by atoms with E-state index in [1.54, 1.807) is 15.9 Å². The lowest BCUT2D eigenvalue weighted by Crippen LogP contribution is -2.48. The molecule has 1 fully saturated rings. The van der Waals surface area contributed by atoms with Crippen molar-refractivity contribution in [1.29, 1.82) is 0 Å². The second kappa shape index (κ2) is 7.51. The maximum absolute atomic E-state index is 12.8. The summed E-state index contributed by atoms with van der Waals surface area (Å²) in [5.41, 5.74) is 4.31. The molecular formula is C19H23N5O2. The number of hydrogen-bond donors (Lipinski definition) is 1. The van der Waals surface area contributed by atoms with Gasteiger partial charge in [-0.2, -0.15) is 0 Å². The van der Waals surface area contributed by atoms with E-state index in [1.807, 2.05) is 39.0 Å². The first-order valence-electron chi connectivity index (χ1n) is 8.65. The second-order valence-corrected chi connectivity index (χ2v) is 6.52. The van der Waals surface area contributed by atoms with Gasteiger partial charge in [0.15, 0.2) is 0 Å². The van der Waals surface area contributed by atoms with Crippen LogP contribution in [0.25, 0.3) is 0 Å². The Morgan fingerprint density at radius 2 is 1.85 bits per heavy atom. The van der Waals surface area contributed by atoms with Crippen LogP contribution >= 0.6 is 0 Å². The topological polar surface area (TPSA) is 78.4 Å². The number of hydrogen-bond acceptors (Lipinski definition) is 5. The van der Waals surface area contributed by atoms with Crippen LogP contribution in [-0.4, -0.2) is 58.3 Å². The minimum Gasteiger partial charge on any atom is -0.342 e. The van der Waals surface area contributed by atoms with Crippen molar-refractivity contribution in [2.75, 3.05) is 31.5 Å². The molecule has 0 spiro atoms. The molecule has 1 aromatic carbocycles. The van der Waals surface area contributed by atoms with E-state index in [9.17, 15) is 9.59 Å². The number of aromatic nitrogens is 2. The van der Waals surface area contributed by atoms with Gasteiger partial charge in [0.25, 0.3) is 5.91 Å². The molecule has 1 saturated heterocycles. The summed E-state index contributed by atoms with van der Waals surface area (Å²) in [7, 11) is 0. The molecule has 0 aliphatic carbocycles. The van der Waals surface area contributed by atoms with Crippen LogP contribution in [0.5, 0.6) is 0 Å². The van der Waals surface area contributed by atoms with E-state index in [2.05, 4.69) is 15.3 Å². The Morgan fingerprint density at radius 1 is 1.12 bits per heavy atom. The molecule has 1 aliphatic heterocycles. The Bertz CT molecular complexity index is 829. The SMILES string of the molecule is Cc1cc(C(=O)N2CCN(C=O)CC2)nc(Nc2cccc(C)c2C)n1. The quantitative estimate of drug-likeness (QED) is 0.851. The van der Waals surface area contributed by atoms with Crippen molar-refractivity contribution >= 4 is 24.0 Å². The van der Waals surface area contributed by atoms with Gasteiger partial charge < -0.3 is 15.1 Å². The van der Waals surface area contributed by atoms with Gasteiger partial charge in [-0.25, -0.2) is 9.97 Å². The van der Waals surface area contributed by atoms with Crippen LogP contribution in [0, 0.1) is 20.8 Å². The minimum atomic E-state index is -0.134. The lowest BCUT2D eigenvalue weighted by molar-refractivity contribution is -0.119. The third kappa shape index (κ3) is 3.82. The van der Waals surface area contributed by atoms with Crippen molar-refractivity contribution in [2.45, 2.75) is 20.8 Å². The highest BCUT2D eigenvalue weighted by Gasteiger charge is 2.23. The van der Waals surface area contributed by atoms with Crippen LogP contribution in [0.15, 0.2) is 24.3 Å². The molecule has 1 N–H and O–H groups in total. The Balaban J connectivity index is 1.80. The van der Waals surface area contributed by atoms with Crippen LogP contribution in [0.2, 0.25) is 0 Å². The molecule has 26 heavy (non-hydrogen) atoms. The zero-order chi connectivity index (χ0) is 18.7. The van der Waals surface area contributed by atoms with Gasteiger partial charge in [0.2, 0.25) is 12.4 Å². The number of carbonyl (C=O) groups excluding carboxylic acids is 2. The molecule has 0 bridgehead atoms. The highest BCUT2D eigenvalue weighted by atomic mass is 16.2. The van der Waals surface area contributed by atoms with E-state index in [1.165, 1.54) is 5.56 Å². The summed E-state index contributed by atoms with van der Waals surface area (Å²) < 4.78 is 0. The Hall–Kier alpha value is -2.96. The van der Waals surface area contributed by atoms with Crippen LogP contribution in [0.3, 0.4) is 0 Å². The van der Waals surface area contributed by atoms with Gasteiger partial charge in [0.1, 0.15) is 5.69 Å². The van der Waals surface area contributed by atoms with E-state index in [4.69, 9.17) is 0 Å². The third-order valence-corrected chi connectivity index (χ3v) is 4.67. The van der Waals surface area contributed by atoms with Crippen molar-refractivity contribution in [3.05, 3.63) is 46.8 Å². The van der Waals surface area contributed by atoms with Crippen molar-refractivity contribution < 1.29 is 9.59 Å². The number of piperazine rings is 1. The van der Waals surface area contributed by atoms with Crippen molar-refractivity contribution in [3.63, 3.8) is 0 Å². The molecule has 136 valence electrons. The average Bonchev–Trinajstić information content (AvgIpc) is 2.64. The molecule has 2 amide bonds. The zero-order valence-corrected chi connectivity index (χ0v) is 15.3. The third-order valence-electron chi connectivity index (χ3n) is 4.67. The monoisotopic (exact) mass is 353 g/mol. The van der Waals surface area contributed by atoms with E-state index >= 15 is 0 Å². The van der Waals surface area contributed by atoms with E-state index < -0.39 is 0 Å². The van der Waals surface area contributed by atoms with Gasteiger partial charge in [-0.3, -0.25) is 9.59 Å². The largest absolute Gasteiger partial charge is 0.342 e. The highest BCUT2D eigenvalue weighted by molar-refractivity contribution is 5.93. The zero-order valence-electron chi connectivity index (χ0n) is 15.3. The fourth-order valence-corrected chi connectivity index (χ4v) is 2.93. The summed E-state index contributed by atoms with van der Waals surface area (Å²) in [4.78, 5) is 35.8. The van der Waals surface area contributed by atoms with Crippen LogP contribution < -0.4 is 5.32 Å². The minimum absolute atomic E-state index is 0.134. The number of rotatable bonds is 4. The smallest absolute Gasteiger partial charge is 0.272 e. The second-order valence-electron chi connectivity index (χ2n) is 6.52. The summed E-state index contributed by atoms with van der Waals surface area (Å²) >= 11 is 0. The number of anilines is 2. The number of benzene rings is 1. The number of nitrogens with one attached hydrogen (secondary N) is 1. The van der Waals surface area contributed by atoms with Gasteiger partial charge in [0, 0.05) is 37.6 Å². The molecule has 1 aliphatic rings. The van der Waals surface area contributed by atoms with Crippen LogP contribution in [-0.2, 0) is 4.79 Å². The predicted octanol–water partition coefficient (Wildman–Crippen LogP) is 2.06. The fourth-order valence-electron chi connectivity index (χ4n) is 2.93. The molecule has 3 rings (SSSR count). The average molecular weight is 353 g/mol. The number of nitrogens with zero attached hydrogens (tertiary/aromatic N) is 4. The number of amides is 2. The maximum Gasteiger partial charge on any atom is 0.272 e. The maximum atomic E-state index is 12.8. The van der Waals surface area contributed by atoms with Crippen LogP contribution in [0.4, 0.5) is 11.6 Å². The molecule has 0 saturated carbocycles. The molecule has 7 nitrogen and oxygen atoms in total. The standard InChI is InChI=1S/C19H23N5O2/c1-13-5-4-6-16(15(13)3)21-19-20-14(2)11-17(22-19)18(26)24-9-7-23(12-25)8-10-24/h4-6,11-12H,7-10H2,1-3H3,(H,20,21,22). The van der Waals surface area contributed by atoms with E-state index in [0.29, 0.717) is 37.8 Å². The molecule has 2 aromatic rings. The summed E-state index contributed by atoms with van der Waals surface area (Å²) in [6, 6.07) is 7.68. The first kappa shape index (κ1) is 17.8. The fraction of sp³-hybridized carbons (Fsp3) is 0.368. The lowest BCUT2D eigenvalue weighted by Gasteiger charge is -2.32. The summed E-state index contributed by atoms with van der Waals surface area (Å²) in [5, 5.41) is 3.22. The van der Waals surface area contributed by atoms with Crippen molar-refractivity contribution in [3.8, 4) is 0 Å². The Morgan fingerprint density at radius 3 is 2.54 bits per heavy atom. The van der Waals surface area contributed by atoms with Gasteiger partial charge >= 0.3 is 0 Å². The molecule has 0 radical (unpaired) electrons. The molecule has 1 aromatic heterocycles. The number of carbonyl (C=O) groups is 2. The lowest BCUT2D eigenvalue weighted by atomic mass is 10.1. The molecule has 0 unspecified atom stereocenters. The Labute approximate surface area is 153 Å². The molecule has 0 atom stereocenters. The predicted molar refractivity (Wildman–Crippen MR) is 99.5 cm³/mol. The van der Waals surface area contributed by atoms with Gasteiger partial charge in [0.05, 0.1) is 0 Å². The summed E-state index contributed by atoms with van der Waals surface area (Å²) in [5.74, 6) is 0.277. The molecular weight excluding hydrogens is 330 g/mol. The van der Waals surface area contributed by atoms with E-state index in [0.717, 1.165) is 23.4 Å². The van der Waals surface area contributed by atoms with Gasteiger partial charge in [-0.05, 0) is 44.0 Å². The highest BCUT2D eigenvalue weighted by Crippen LogP contribution is 2.21. The normalized spacial score (nSPS) is 14.3. The Kier molecular flexibility index (Phi) is 5.16. The summed E-state index contributed by atoms with van der Waals surface area (Å²) in [6.07, 6.45) is 0.822. The van der Waals surface area contributed by atoms with Crippen LogP contribution in [0.1, 0.15) is 27.3 Å². The molecule has 2 heterocycles. The van der Waals surface area contributed by atoms with Crippen molar-refractivity contribution in [1.82, 2.24) is 19.8 Å². The van der Waals surface area contributed by atoms with Gasteiger partial charge in [-0.1, -0.05) is 12.1 Å². The first-order valence-corrected chi connectivity index (χ1v) is 8.65. The molecule has 7 heteroatoms.